The van der Waals surface area contributed by atoms with Crippen LogP contribution in [0.2, 0.25) is 0 Å². The van der Waals surface area contributed by atoms with Crippen LogP contribution >= 0.6 is 0 Å². The van der Waals surface area contributed by atoms with Crippen molar-refractivity contribution in [3.05, 3.63) is 29.3 Å². The molecule has 0 saturated heterocycles. The molecule has 0 amide bonds. The first-order valence-electron chi connectivity index (χ1n) is 8.32. The summed E-state index contributed by atoms with van der Waals surface area (Å²) in [4.78, 5) is 0. The Hall–Kier alpha value is -1.02. The van der Waals surface area contributed by atoms with E-state index in [1.54, 1.807) is 0 Å². The van der Waals surface area contributed by atoms with Crippen LogP contribution in [0.1, 0.15) is 56.1 Å². The highest BCUT2D eigenvalue weighted by atomic mass is 16.5. The molecule has 2 nitrogen and oxygen atoms in total. The Bertz CT molecular complexity index is 443. The van der Waals surface area contributed by atoms with Crippen LogP contribution in [0.3, 0.4) is 0 Å². The second-order valence-electron chi connectivity index (χ2n) is 6.33. The summed E-state index contributed by atoms with van der Waals surface area (Å²) in [6.45, 7) is 0. The fourth-order valence-corrected chi connectivity index (χ4v) is 3.72. The highest BCUT2D eigenvalue weighted by Gasteiger charge is 2.23. The molecule has 2 aliphatic rings. The van der Waals surface area contributed by atoms with E-state index in [1.807, 2.05) is 0 Å². The molecule has 2 heteroatoms. The van der Waals surface area contributed by atoms with E-state index in [2.05, 4.69) is 30.6 Å². The minimum Gasteiger partial charge on any atom is -0.489 e. The van der Waals surface area contributed by atoms with E-state index >= 15 is 0 Å². The number of hydrogen-bond donors (Lipinski definition) is 1. The van der Waals surface area contributed by atoms with Gasteiger partial charge >= 0.3 is 0 Å². The molecule has 20 heavy (non-hydrogen) atoms. The SMILES string of the molecule is CNC1CCCCCCC1Oc1ccc2c(c1)CCC2. The van der Waals surface area contributed by atoms with Crippen LogP contribution in [0.4, 0.5) is 0 Å². The first kappa shape index (κ1) is 13.9. The van der Waals surface area contributed by atoms with E-state index in [4.69, 9.17) is 4.74 Å². The third-order valence-electron chi connectivity index (χ3n) is 4.93. The largest absolute Gasteiger partial charge is 0.489 e. The third-order valence-corrected chi connectivity index (χ3v) is 4.93. The monoisotopic (exact) mass is 273 g/mol. The molecule has 2 unspecified atom stereocenters. The van der Waals surface area contributed by atoms with Gasteiger partial charge in [0.25, 0.3) is 0 Å². The number of nitrogens with one attached hydrogen (secondary N) is 1. The van der Waals surface area contributed by atoms with Gasteiger partial charge in [0.15, 0.2) is 0 Å². The maximum absolute atomic E-state index is 6.36. The van der Waals surface area contributed by atoms with Gasteiger partial charge in [-0.1, -0.05) is 25.3 Å². The van der Waals surface area contributed by atoms with Gasteiger partial charge in [0.05, 0.1) is 0 Å². The van der Waals surface area contributed by atoms with Crippen LogP contribution in [0, 0.1) is 0 Å². The summed E-state index contributed by atoms with van der Waals surface area (Å²) in [7, 11) is 2.07. The zero-order valence-electron chi connectivity index (χ0n) is 12.7. The molecule has 0 spiro atoms. The standard InChI is InChI=1S/C18H27NO/c1-19-17-9-4-2-3-5-10-18(17)20-16-12-11-14-7-6-8-15(14)13-16/h11-13,17-19H,2-10H2,1H3. The van der Waals surface area contributed by atoms with Crippen molar-refractivity contribution in [2.24, 2.45) is 0 Å². The molecular weight excluding hydrogens is 246 g/mol. The second kappa shape index (κ2) is 6.62. The lowest BCUT2D eigenvalue weighted by Crippen LogP contribution is -2.41. The zero-order chi connectivity index (χ0) is 13.8. The Labute approximate surface area is 122 Å². The van der Waals surface area contributed by atoms with Crippen molar-refractivity contribution in [3.8, 4) is 5.75 Å². The first-order valence-corrected chi connectivity index (χ1v) is 8.32. The van der Waals surface area contributed by atoms with Crippen molar-refractivity contribution in [1.82, 2.24) is 5.32 Å². The first-order chi connectivity index (χ1) is 9.86. The smallest absolute Gasteiger partial charge is 0.120 e. The van der Waals surface area contributed by atoms with Crippen molar-refractivity contribution in [3.63, 3.8) is 0 Å². The Balaban J connectivity index is 1.70. The molecule has 0 bridgehead atoms. The normalized spacial score (nSPS) is 26.6. The van der Waals surface area contributed by atoms with Crippen molar-refractivity contribution < 1.29 is 4.74 Å². The lowest BCUT2D eigenvalue weighted by Gasteiger charge is -2.29. The minimum absolute atomic E-state index is 0.333. The Kier molecular flexibility index (Phi) is 4.62. The molecule has 0 radical (unpaired) electrons. The van der Waals surface area contributed by atoms with Crippen molar-refractivity contribution in [1.29, 1.82) is 0 Å². The summed E-state index contributed by atoms with van der Waals surface area (Å²) in [6, 6.07) is 7.24. The van der Waals surface area contributed by atoms with E-state index in [1.165, 1.54) is 68.9 Å². The molecule has 1 fully saturated rings. The molecule has 110 valence electrons. The summed E-state index contributed by atoms with van der Waals surface area (Å²) >= 11 is 0. The molecule has 3 rings (SSSR count). The molecule has 0 heterocycles. The van der Waals surface area contributed by atoms with Gasteiger partial charge in [-0.25, -0.2) is 0 Å². The van der Waals surface area contributed by atoms with Crippen LogP contribution in [-0.4, -0.2) is 19.2 Å². The Morgan fingerprint density at radius 1 is 0.950 bits per heavy atom. The number of hydrogen-bond acceptors (Lipinski definition) is 2. The van der Waals surface area contributed by atoms with Gasteiger partial charge < -0.3 is 10.1 Å². The van der Waals surface area contributed by atoms with E-state index in [9.17, 15) is 0 Å². The second-order valence-corrected chi connectivity index (χ2v) is 6.33. The topological polar surface area (TPSA) is 21.3 Å². The van der Waals surface area contributed by atoms with Gasteiger partial charge in [-0.15, -0.1) is 0 Å². The van der Waals surface area contributed by atoms with Gasteiger partial charge in [-0.2, -0.15) is 0 Å². The highest BCUT2D eigenvalue weighted by Crippen LogP contribution is 2.28. The molecule has 1 aromatic rings. The van der Waals surface area contributed by atoms with Crippen molar-refractivity contribution >= 4 is 0 Å². The quantitative estimate of drug-likeness (QED) is 0.903. The lowest BCUT2D eigenvalue weighted by molar-refractivity contribution is 0.131. The Morgan fingerprint density at radius 3 is 2.60 bits per heavy atom. The number of likely N-dealkylation sites (N-methyl/N-ethyl adjacent to an activating group) is 1. The van der Waals surface area contributed by atoms with Crippen LogP contribution in [0.15, 0.2) is 18.2 Å². The summed E-state index contributed by atoms with van der Waals surface area (Å²) in [6.07, 6.45) is 11.9. The molecule has 0 aliphatic heterocycles. The average Bonchev–Trinajstić information content (AvgIpc) is 2.90. The van der Waals surface area contributed by atoms with E-state index in [-0.39, 0.29) is 0 Å². The number of benzene rings is 1. The predicted molar refractivity (Wildman–Crippen MR) is 83.4 cm³/mol. The van der Waals surface area contributed by atoms with Crippen LogP contribution < -0.4 is 10.1 Å². The van der Waals surface area contributed by atoms with Gasteiger partial charge in [0, 0.05) is 6.04 Å². The molecule has 1 aromatic carbocycles. The lowest BCUT2D eigenvalue weighted by atomic mass is 9.94. The van der Waals surface area contributed by atoms with Crippen molar-refractivity contribution in [2.45, 2.75) is 69.9 Å². The number of rotatable bonds is 3. The molecule has 2 aliphatic carbocycles. The van der Waals surface area contributed by atoms with Gasteiger partial charge in [0.1, 0.15) is 11.9 Å². The third kappa shape index (κ3) is 3.17. The average molecular weight is 273 g/mol. The van der Waals surface area contributed by atoms with E-state index in [0.29, 0.717) is 12.1 Å². The molecule has 2 atom stereocenters. The summed E-state index contributed by atoms with van der Waals surface area (Å²) in [5.74, 6) is 1.08. The summed E-state index contributed by atoms with van der Waals surface area (Å²) < 4.78 is 6.36. The van der Waals surface area contributed by atoms with E-state index < -0.39 is 0 Å². The molecule has 1 saturated carbocycles. The van der Waals surface area contributed by atoms with Crippen LogP contribution in [0.25, 0.3) is 0 Å². The fourth-order valence-electron chi connectivity index (χ4n) is 3.72. The number of ether oxygens (including phenoxy) is 1. The minimum atomic E-state index is 0.333. The molecular formula is C18H27NO. The zero-order valence-corrected chi connectivity index (χ0v) is 12.7. The highest BCUT2D eigenvalue weighted by molar-refractivity contribution is 5.38. The van der Waals surface area contributed by atoms with Crippen molar-refractivity contribution in [2.75, 3.05) is 7.05 Å². The molecule has 0 aromatic heterocycles. The fraction of sp³-hybridized carbons (Fsp3) is 0.667. The van der Waals surface area contributed by atoms with Crippen LogP contribution in [0.5, 0.6) is 5.75 Å². The van der Waals surface area contributed by atoms with Gasteiger partial charge in [0.2, 0.25) is 0 Å². The summed E-state index contributed by atoms with van der Waals surface area (Å²) in [5, 5.41) is 3.47. The van der Waals surface area contributed by atoms with E-state index in [0.717, 1.165) is 5.75 Å². The van der Waals surface area contributed by atoms with Gasteiger partial charge in [-0.3, -0.25) is 0 Å². The maximum atomic E-state index is 6.36. The maximum Gasteiger partial charge on any atom is 0.120 e. The number of fused-ring (bicyclic) bond motifs is 1. The summed E-state index contributed by atoms with van der Waals surface area (Å²) in [5.41, 5.74) is 3.04. The number of aryl methyl sites for hydroxylation is 2. The Morgan fingerprint density at radius 2 is 1.75 bits per heavy atom. The van der Waals surface area contributed by atoms with Crippen LogP contribution in [-0.2, 0) is 12.8 Å². The predicted octanol–water partition coefficient (Wildman–Crippen LogP) is 3.86. The molecule has 1 N–H and O–H groups in total. The van der Waals surface area contributed by atoms with Gasteiger partial charge in [-0.05, 0) is 68.8 Å².